The molecule has 2 N–H and O–H groups in total. The van der Waals surface area contributed by atoms with Gasteiger partial charge in [0.2, 0.25) is 0 Å². The van der Waals surface area contributed by atoms with Crippen molar-refractivity contribution in [1.29, 1.82) is 0 Å². The molecule has 4 aliphatic carbocycles. The van der Waals surface area contributed by atoms with Gasteiger partial charge >= 0.3 is 0 Å². The minimum atomic E-state index is -0.207. The molecule has 0 unspecified atom stereocenters. The van der Waals surface area contributed by atoms with E-state index in [2.05, 4.69) is 15.7 Å². The molecule has 1 amide bonds. The number of carbonyl (C=O) groups is 1. The van der Waals surface area contributed by atoms with Gasteiger partial charge in [-0.3, -0.25) is 4.79 Å². The maximum absolute atomic E-state index is 13.1. The first kappa shape index (κ1) is 24.3. The predicted molar refractivity (Wildman–Crippen MR) is 145 cm³/mol. The first-order valence-electron chi connectivity index (χ1n) is 12.8. The first-order chi connectivity index (χ1) is 17.4. The molecule has 1 heterocycles. The third-order valence-corrected chi connectivity index (χ3v) is 9.04. The highest BCUT2D eigenvalue weighted by Gasteiger charge is 2.47. The van der Waals surface area contributed by atoms with Gasteiger partial charge in [-0.05, 0) is 104 Å². The summed E-state index contributed by atoms with van der Waals surface area (Å²) < 4.78 is 1.72. The number of benzene rings is 2. The molecule has 0 saturated heterocycles. The predicted octanol–water partition coefficient (Wildman–Crippen LogP) is 6.64. The molecule has 3 aromatic rings. The van der Waals surface area contributed by atoms with Crippen molar-refractivity contribution in [1.82, 2.24) is 20.4 Å². The van der Waals surface area contributed by atoms with Gasteiger partial charge in [-0.2, -0.15) is 5.10 Å². The second-order valence-electron chi connectivity index (χ2n) is 10.6. The Kier molecular flexibility index (Phi) is 6.76. The maximum atomic E-state index is 13.1. The molecule has 8 heteroatoms. The van der Waals surface area contributed by atoms with Crippen LogP contribution in [0.4, 0.5) is 0 Å². The van der Waals surface area contributed by atoms with Crippen LogP contribution in [0.5, 0.6) is 0 Å². The fourth-order valence-electron chi connectivity index (χ4n) is 6.92. The molecule has 2 aromatic carbocycles. The van der Waals surface area contributed by atoms with Crippen molar-refractivity contribution in [3.63, 3.8) is 0 Å². The summed E-state index contributed by atoms with van der Waals surface area (Å²) in [5, 5.41) is 13.1. The Hall–Kier alpha value is -2.05. The smallest absolute Gasteiger partial charge is 0.271 e. The van der Waals surface area contributed by atoms with Crippen molar-refractivity contribution in [2.45, 2.75) is 38.1 Å². The van der Waals surface area contributed by atoms with Gasteiger partial charge in [0, 0.05) is 34.7 Å². The van der Waals surface area contributed by atoms with E-state index in [9.17, 15) is 4.79 Å². The van der Waals surface area contributed by atoms with E-state index >= 15 is 0 Å². The van der Waals surface area contributed by atoms with Crippen LogP contribution in [-0.4, -0.2) is 34.8 Å². The topological polar surface area (TPSA) is 59.0 Å². The van der Waals surface area contributed by atoms with Gasteiger partial charge < -0.3 is 10.6 Å². The lowest BCUT2D eigenvalue weighted by atomic mass is 9.54. The molecule has 0 spiro atoms. The second-order valence-corrected chi connectivity index (χ2v) is 11.9. The van der Waals surface area contributed by atoms with Gasteiger partial charge in [0.15, 0.2) is 5.69 Å². The number of amides is 1. The Morgan fingerprint density at radius 3 is 2.19 bits per heavy atom. The molecule has 4 fully saturated rings. The van der Waals surface area contributed by atoms with Crippen LogP contribution in [0.25, 0.3) is 16.9 Å². The van der Waals surface area contributed by atoms with Crippen LogP contribution in [0, 0.1) is 23.7 Å². The standard InChI is InChI=1S/C28H29Cl3N4O/c29-20-1-4-22(5-2-20)35-26(23-6-3-21(30)14-24(23)31)15-25(34-35)28(36)33-8-7-32-27-18-10-16-9-17(12-18)13-19(27)11-16/h1-6,14-19,27,32H,7-13H2,(H,33,36)/t16-,17+,18-,19+,27?. The van der Waals surface area contributed by atoms with Gasteiger partial charge in [-0.15, -0.1) is 0 Å². The van der Waals surface area contributed by atoms with Gasteiger partial charge in [0.1, 0.15) is 0 Å². The average molecular weight is 544 g/mol. The molecule has 4 saturated carbocycles. The molecular weight excluding hydrogens is 515 g/mol. The summed E-state index contributed by atoms with van der Waals surface area (Å²) in [7, 11) is 0. The highest BCUT2D eigenvalue weighted by molar-refractivity contribution is 6.36. The van der Waals surface area contributed by atoms with Crippen LogP contribution in [0.2, 0.25) is 15.1 Å². The number of hydrogen-bond acceptors (Lipinski definition) is 3. The number of aromatic nitrogens is 2. The zero-order valence-corrected chi connectivity index (χ0v) is 22.2. The average Bonchev–Trinajstić information content (AvgIpc) is 3.28. The van der Waals surface area contributed by atoms with Crippen molar-refractivity contribution in [2.24, 2.45) is 23.7 Å². The molecule has 4 aliphatic rings. The molecule has 0 atom stereocenters. The zero-order chi connectivity index (χ0) is 24.8. The molecule has 1 aromatic heterocycles. The van der Waals surface area contributed by atoms with Crippen LogP contribution in [0.15, 0.2) is 48.5 Å². The van der Waals surface area contributed by atoms with Gasteiger partial charge in [0.25, 0.3) is 5.91 Å². The Bertz CT molecular complexity index is 1240. The number of hydrogen-bond donors (Lipinski definition) is 2. The fourth-order valence-corrected chi connectivity index (χ4v) is 7.56. The van der Waals surface area contributed by atoms with E-state index in [0.29, 0.717) is 39.0 Å². The van der Waals surface area contributed by atoms with E-state index in [0.717, 1.165) is 41.5 Å². The number of carbonyl (C=O) groups excluding carboxylic acids is 1. The van der Waals surface area contributed by atoms with Crippen LogP contribution in [-0.2, 0) is 0 Å². The Morgan fingerprint density at radius 2 is 1.53 bits per heavy atom. The molecule has 36 heavy (non-hydrogen) atoms. The van der Waals surface area contributed by atoms with Gasteiger partial charge in [0.05, 0.1) is 16.4 Å². The quantitative estimate of drug-likeness (QED) is 0.328. The van der Waals surface area contributed by atoms with Crippen LogP contribution < -0.4 is 10.6 Å². The number of halogens is 3. The van der Waals surface area contributed by atoms with E-state index in [1.165, 1.54) is 32.1 Å². The van der Waals surface area contributed by atoms with Crippen molar-refractivity contribution >= 4 is 40.7 Å². The van der Waals surface area contributed by atoms with E-state index in [1.807, 2.05) is 18.2 Å². The molecular formula is C28H29Cl3N4O. The summed E-state index contributed by atoms with van der Waals surface area (Å²) in [5.41, 5.74) is 2.56. The molecule has 0 aliphatic heterocycles. The normalized spacial score (nSPS) is 26.4. The summed E-state index contributed by atoms with van der Waals surface area (Å²) in [6, 6.07) is 15.0. The number of nitrogens with one attached hydrogen (secondary N) is 2. The molecule has 7 rings (SSSR count). The van der Waals surface area contributed by atoms with Crippen LogP contribution in [0.1, 0.15) is 42.6 Å². The Morgan fingerprint density at radius 1 is 0.861 bits per heavy atom. The lowest BCUT2D eigenvalue weighted by molar-refractivity contribution is -0.0133. The van der Waals surface area contributed by atoms with E-state index in [4.69, 9.17) is 34.8 Å². The SMILES string of the molecule is O=C(NCCNC1[C@H]2C[C@@H]3C[C@@H](C[C@H]1C3)C2)c1cc(-c2ccc(Cl)cc2Cl)n(-c2ccc(Cl)cc2)n1. The number of rotatable bonds is 7. The molecule has 188 valence electrons. The minimum absolute atomic E-state index is 0.207. The van der Waals surface area contributed by atoms with Crippen molar-refractivity contribution in [3.05, 3.63) is 69.3 Å². The summed E-state index contributed by atoms with van der Waals surface area (Å²) in [6.07, 6.45) is 7.00. The van der Waals surface area contributed by atoms with Crippen LogP contribution in [0.3, 0.4) is 0 Å². The zero-order valence-electron chi connectivity index (χ0n) is 19.9. The highest BCUT2D eigenvalue weighted by atomic mass is 35.5. The van der Waals surface area contributed by atoms with Crippen LogP contribution >= 0.6 is 34.8 Å². The molecule has 4 bridgehead atoms. The Balaban J connectivity index is 1.16. The lowest BCUT2D eigenvalue weighted by Gasteiger charge is -2.54. The van der Waals surface area contributed by atoms with Crippen molar-refractivity contribution in [3.8, 4) is 16.9 Å². The van der Waals surface area contributed by atoms with Gasteiger partial charge in [-0.25, -0.2) is 4.68 Å². The molecule has 5 nitrogen and oxygen atoms in total. The van der Waals surface area contributed by atoms with E-state index < -0.39 is 0 Å². The first-order valence-corrected chi connectivity index (χ1v) is 13.9. The molecule has 0 radical (unpaired) electrons. The monoisotopic (exact) mass is 542 g/mol. The summed E-state index contributed by atoms with van der Waals surface area (Å²) in [5.74, 6) is 3.35. The lowest BCUT2D eigenvalue weighted by Crippen LogP contribution is -2.55. The third kappa shape index (κ3) is 4.79. The van der Waals surface area contributed by atoms with Crippen molar-refractivity contribution in [2.75, 3.05) is 13.1 Å². The summed E-state index contributed by atoms with van der Waals surface area (Å²) >= 11 is 18.7. The number of nitrogens with zero attached hydrogens (tertiary/aromatic N) is 2. The second kappa shape index (κ2) is 10.0. The maximum Gasteiger partial charge on any atom is 0.271 e. The Labute approximate surface area is 226 Å². The largest absolute Gasteiger partial charge is 0.349 e. The minimum Gasteiger partial charge on any atom is -0.349 e. The van der Waals surface area contributed by atoms with Crippen molar-refractivity contribution < 1.29 is 4.79 Å². The fraction of sp³-hybridized carbons (Fsp3) is 0.429. The third-order valence-electron chi connectivity index (χ3n) is 8.24. The van der Waals surface area contributed by atoms with Gasteiger partial charge in [-0.1, -0.05) is 34.8 Å². The highest BCUT2D eigenvalue weighted by Crippen LogP contribution is 2.53. The van der Waals surface area contributed by atoms with E-state index in [-0.39, 0.29) is 5.91 Å². The summed E-state index contributed by atoms with van der Waals surface area (Å²) in [4.78, 5) is 13.1. The summed E-state index contributed by atoms with van der Waals surface area (Å²) in [6.45, 7) is 1.33. The van der Waals surface area contributed by atoms with E-state index in [1.54, 1.807) is 35.0 Å².